The lowest BCUT2D eigenvalue weighted by atomic mass is 9.99. The van der Waals surface area contributed by atoms with E-state index in [1.165, 1.54) is 44.9 Å². The van der Waals surface area contributed by atoms with E-state index in [0.717, 1.165) is 96.3 Å². The van der Waals surface area contributed by atoms with Crippen molar-refractivity contribution in [2.75, 3.05) is 13.2 Å². The van der Waals surface area contributed by atoms with Gasteiger partial charge in [0, 0.05) is 6.42 Å². The molecule has 1 saturated heterocycles. The molecule has 0 aromatic rings. The molecule has 0 radical (unpaired) electrons. The van der Waals surface area contributed by atoms with Crippen molar-refractivity contribution in [3.63, 3.8) is 0 Å². The summed E-state index contributed by atoms with van der Waals surface area (Å²) in [6, 6.07) is -1.06. The minimum absolute atomic E-state index is 0.0549. The van der Waals surface area contributed by atoms with Crippen LogP contribution < -0.4 is 5.32 Å². The average Bonchev–Trinajstić information content (AvgIpc) is 3.40. The highest BCUT2D eigenvalue weighted by Crippen LogP contribution is 2.26. The van der Waals surface area contributed by atoms with E-state index < -0.39 is 67.4 Å². The fourth-order valence-electron chi connectivity index (χ4n) is 7.90. The maximum atomic E-state index is 13.3. The zero-order valence-electron chi connectivity index (χ0n) is 45.9. The molecule has 0 saturated carbocycles. The van der Waals surface area contributed by atoms with Crippen LogP contribution in [0.15, 0.2) is 134 Å². The van der Waals surface area contributed by atoms with Crippen molar-refractivity contribution in [1.82, 2.24) is 5.32 Å². The Morgan fingerprint density at radius 1 is 0.554 bits per heavy atom. The van der Waals surface area contributed by atoms with Gasteiger partial charge in [0.05, 0.1) is 25.4 Å². The van der Waals surface area contributed by atoms with Crippen molar-refractivity contribution in [3.05, 3.63) is 134 Å². The predicted molar refractivity (Wildman–Crippen MR) is 305 cm³/mol. The summed E-state index contributed by atoms with van der Waals surface area (Å²) in [6.45, 7) is 5.44. The first kappa shape index (κ1) is 67.8. The number of carbonyl (C=O) groups is 2. The number of hydrogen-bond donors (Lipinski definition) is 6. The lowest BCUT2D eigenvalue weighted by Gasteiger charge is -2.41. The minimum atomic E-state index is -1.65. The molecule has 0 aliphatic carbocycles. The highest BCUT2D eigenvalue weighted by atomic mass is 16.7. The third-order valence-corrected chi connectivity index (χ3v) is 12.4. The number of rotatable bonds is 45. The second-order valence-electron chi connectivity index (χ2n) is 19.0. The zero-order chi connectivity index (χ0) is 54.0. The first-order valence-corrected chi connectivity index (χ1v) is 28.5. The molecule has 1 fully saturated rings. The molecule has 74 heavy (non-hydrogen) atoms. The summed E-state index contributed by atoms with van der Waals surface area (Å²) in [6.07, 6.45) is 59.3. The van der Waals surface area contributed by atoms with E-state index in [9.17, 15) is 35.1 Å². The Kier molecular flexibility index (Phi) is 45.5. The summed E-state index contributed by atoms with van der Waals surface area (Å²) in [5.41, 5.74) is 0. The number of unbranched alkanes of at least 4 members (excludes halogenated alkanes) is 14. The normalized spacial score (nSPS) is 20.4. The predicted octanol–water partition coefficient (Wildman–Crippen LogP) is 12.9. The molecular weight excluding hydrogens is 931 g/mol. The van der Waals surface area contributed by atoms with E-state index in [1.54, 1.807) is 6.08 Å². The van der Waals surface area contributed by atoms with Gasteiger partial charge in [0.15, 0.2) is 12.4 Å². The van der Waals surface area contributed by atoms with Crippen LogP contribution in [-0.4, -0.2) is 99.6 Å². The molecule has 0 aromatic carbocycles. The molecule has 1 rings (SSSR count). The van der Waals surface area contributed by atoms with E-state index in [-0.39, 0.29) is 19.4 Å². The fourth-order valence-corrected chi connectivity index (χ4v) is 7.90. The molecule has 0 aromatic heterocycles. The molecule has 6 N–H and O–H groups in total. The third-order valence-electron chi connectivity index (χ3n) is 12.4. The summed E-state index contributed by atoms with van der Waals surface area (Å²) in [4.78, 5) is 26.4. The van der Waals surface area contributed by atoms with E-state index in [0.29, 0.717) is 12.8 Å². The van der Waals surface area contributed by atoms with Gasteiger partial charge in [-0.25, -0.2) is 0 Å². The van der Waals surface area contributed by atoms with Crippen LogP contribution in [0.3, 0.4) is 0 Å². The van der Waals surface area contributed by atoms with Crippen molar-refractivity contribution in [3.8, 4) is 0 Å². The quantitative estimate of drug-likeness (QED) is 0.0149. The standard InChI is InChI=1S/C63H101NO10/c1-4-7-10-13-16-19-22-25-26-27-28-29-30-31-32-33-36-39-42-45-48-51-58(68)74-61-60(70)59(69)57(52-65)73-63(61)72-53-54(55(66)49-46-43-40-37-34-23-20-17-14-11-8-5-2)64-62(71)56(67)50-47-44-41-38-35-24-21-18-15-12-9-6-3/h7,9-10,12,15-16,18-19,21,24-26,28-29,31-32,35-36,38-39,46,49,54-57,59-61,63,65-67,69-70H,4-6,8,11,13-14,17,20,22-23,27,30,33-34,37,40-45,47-48,50-53H2,1-3H3,(H,64,71)/b10-7-,12-9+,18-15+,19-16-,24-21-,26-25-,29-28-,32-31-,38-35-,39-36-,49-46+. The smallest absolute Gasteiger partial charge is 0.306 e. The molecule has 11 nitrogen and oxygen atoms in total. The lowest BCUT2D eigenvalue weighted by molar-refractivity contribution is -0.305. The summed E-state index contributed by atoms with van der Waals surface area (Å²) in [5, 5.41) is 56.7. The van der Waals surface area contributed by atoms with Crippen molar-refractivity contribution < 1.29 is 49.3 Å². The maximum Gasteiger partial charge on any atom is 0.306 e. The van der Waals surface area contributed by atoms with Crippen molar-refractivity contribution in [1.29, 1.82) is 0 Å². The average molecular weight is 1030 g/mol. The molecule has 1 amide bonds. The first-order valence-electron chi connectivity index (χ1n) is 28.5. The van der Waals surface area contributed by atoms with E-state index in [2.05, 4.69) is 105 Å². The van der Waals surface area contributed by atoms with Gasteiger partial charge in [-0.2, -0.15) is 0 Å². The van der Waals surface area contributed by atoms with Crippen molar-refractivity contribution in [2.45, 2.75) is 237 Å². The Balaban J connectivity index is 2.77. The van der Waals surface area contributed by atoms with Gasteiger partial charge in [0.2, 0.25) is 5.91 Å². The lowest BCUT2D eigenvalue weighted by Crippen LogP contribution is -2.61. The number of ether oxygens (including phenoxy) is 3. The Labute approximate surface area is 448 Å². The molecule has 11 heteroatoms. The molecule has 1 aliphatic rings. The number of esters is 1. The number of hydrogen-bond acceptors (Lipinski definition) is 10. The topological polar surface area (TPSA) is 175 Å². The zero-order valence-corrected chi connectivity index (χ0v) is 45.9. The van der Waals surface area contributed by atoms with Gasteiger partial charge in [-0.3, -0.25) is 9.59 Å². The van der Waals surface area contributed by atoms with Gasteiger partial charge in [0.25, 0.3) is 0 Å². The van der Waals surface area contributed by atoms with E-state index in [4.69, 9.17) is 14.2 Å². The largest absolute Gasteiger partial charge is 0.454 e. The second kappa shape index (κ2) is 49.7. The molecule has 1 aliphatic heterocycles. The minimum Gasteiger partial charge on any atom is -0.454 e. The number of carbonyl (C=O) groups excluding carboxylic acids is 2. The molecule has 8 atom stereocenters. The van der Waals surface area contributed by atoms with Crippen LogP contribution in [0.25, 0.3) is 0 Å². The van der Waals surface area contributed by atoms with Crippen LogP contribution in [0.1, 0.15) is 188 Å². The Hall–Kier alpha value is -4.20. The van der Waals surface area contributed by atoms with Crippen molar-refractivity contribution in [2.24, 2.45) is 0 Å². The van der Waals surface area contributed by atoms with Crippen LogP contribution in [0, 0.1) is 0 Å². The van der Waals surface area contributed by atoms with Crippen LogP contribution in [0.4, 0.5) is 0 Å². The van der Waals surface area contributed by atoms with E-state index >= 15 is 0 Å². The number of aliphatic hydroxyl groups excluding tert-OH is 5. The van der Waals surface area contributed by atoms with Gasteiger partial charge in [0.1, 0.15) is 24.4 Å². The Morgan fingerprint density at radius 3 is 1.62 bits per heavy atom. The molecular formula is C63H101NO10. The van der Waals surface area contributed by atoms with Gasteiger partial charge in [-0.05, 0) is 96.3 Å². The number of nitrogens with one attached hydrogen (secondary N) is 1. The summed E-state index contributed by atoms with van der Waals surface area (Å²) in [5.74, 6) is -1.30. The number of amides is 1. The summed E-state index contributed by atoms with van der Waals surface area (Å²) in [7, 11) is 0. The van der Waals surface area contributed by atoms with Crippen LogP contribution in [-0.2, 0) is 23.8 Å². The van der Waals surface area contributed by atoms with Gasteiger partial charge < -0.3 is 45.1 Å². The second-order valence-corrected chi connectivity index (χ2v) is 19.0. The molecule has 418 valence electrons. The highest BCUT2D eigenvalue weighted by Gasteiger charge is 2.47. The third kappa shape index (κ3) is 37.5. The highest BCUT2D eigenvalue weighted by molar-refractivity contribution is 5.80. The monoisotopic (exact) mass is 1030 g/mol. The maximum absolute atomic E-state index is 13.3. The molecule has 0 bridgehead atoms. The number of aliphatic hydroxyl groups is 5. The summed E-state index contributed by atoms with van der Waals surface area (Å²) < 4.78 is 17.5. The van der Waals surface area contributed by atoms with Gasteiger partial charge in [-0.15, -0.1) is 0 Å². The van der Waals surface area contributed by atoms with Crippen molar-refractivity contribution >= 4 is 11.9 Å². The van der Waals surface area contributed by atoms with E-state index in [1.807, 2.05) is 48.6 Å². The van der Waals surface area contributed by atoms with Crippen LogP contribution >= 0.6 is 0 Å². The summed E-state index contributed by atoms with van der Waals surface area (Å²) >= 11 is 0. The molecule has 1 heterocycles. The first-order chi connectivity index (χ1) is 36.2. The Bertz CT molecular complexity index is 1710. The van der Waals surface area contributed by atoms with Crippen LogP contribution in [0.2, 0.25) is 0 Å². The number of allylic oxidation sites excluding steroid dienone is 21. The molecule has 0 spiro atoms. The SMILES string of the molecule is CC/C=C\C/C=C\C/C=C\C/C=C\C/C=C\C/C=C\CCCCC(=O)OC1C(OCC(NC(=O)C(O)CCCC\C=C/C=C\C=C\C=C\CC)C(O)/C=C/CCCCCCCCCCCC)OC(CO)C(O)C1O. The molecule has 8 unspecified atom stereocenters. The Morgan fingerprint density at radius 2 is 1.04 bits per heavy atom. The van der Waals surface area contributed by atoms with Gasteiger partial charge in [-0.1, -0.05) is 219 Å². The fraction of sp³-hybridized carbons (Fsp3) is 0.619. The van der Waals surface area contributed by atoms with Gasteiger partial charge >= 0.3 is 5.97 Å². The van der Waals surface area contributed by atoms with Crippen LogP contribution in [0.5, 0.6) is 0 Å².